The Morgan fingerprint density at radius 1 is 0.812 bits per heavy atom. The Bertz CT molecular complexity index is 683. The Morgan fingerprint density at radius 3 is 2.50 bits per heavy atom. The topological polar surface area (TPSA) is 0 Å². The fraction of sp³-hybridized carbons (Fsp3) is 0.0667. The molecule has 0 saturated carbocycles. The summed E-state index contributed by atoms with van der Waals surface area (Å²) in [5.74, 6) is 0. The van der Waals surface area contributed by atoms with E-state index in [1.807, 2.05) is 0 Å². The first-order valence-electron chi connectivity index (χ1n) is 5.33. The molecule has 0 aliphatic heterocycles. The van der Waals surface area contributed by atoms with Crippen LogP contribution in [0.2, 0.25) is 0 Å². The van der Waals surface area contributed by atoms with Crippen molar-refractivity contribution in [3.8, 4) is 0 Å². The highest BCUT2D eigenvalue weighted by atomic mass is 79.9. The smallest absolute Gasteiger partial charge is 0.0181 e. The Balaban J connectivity index is 2.61. The monoisotopic (exact) mass is 270 g/mol. The molecule has 0 spiro atoms. The SMILES string of the molecule is Cc1cc2ccccc2c2cc(Br)ccc12. The fourth-order valence-electron chi connectivity index (χ4n) is 2.26. The molecule has 0 amide bonds. The molecule has 3 rings (SSSR count). The molecule has 0 unspecified atom stereocenters. The summed E-state index contributed by atoms with van der Waals surface area (Å²) in [6, 6.07) is 17.3. The molecular formula is C15H11Br. The largest absolute Gasteiger partial charge is 0.0616 e. The van der Waals surface area contributed by atoms with Crippen LogP contribution in [0.1, 0.15) is 5.56 Å². The van der Waals surface area contributed by atoms with Gasteiger partial charge in [0.15, 0.2) is 0 Å². The van der Waals surface area contributed by atoms with Crippen LogP contribution in [-0.2, 0) is 0 Å². The second-order valence-corrected chi connectivity index (χ2v) is 5.02. The Kier molecular flexibility index (Phi) is 2.22. The standard InChI is InChI=1S/C15H11Br/c1-10-8-11-4-2-3-5-14(11)15-9-12(16)6-7-13(10)15/h2-9H,1H3. The Hall–Kier alpha value is -1.34. The quantitative estimate of drug-likeness (QED) is 0.501. The predicted octanol–water partition coefficient (Wildman–Crippen LogP) is 5.06. The number of rotatable bonds is 0. The first-order chi connectivity index (χ1) is 7.75. The highest BCUT2D eigenvalue weighted by molar-refractivity contribution is 9.10. The van der Waals surface area contributed by atoms with Crippen LogP contribution in [0.3, 0.4) is 0 Å². The molecule has 0 nitrogen and oxygen atoms in total. The normalized spacial score (nSPS) is 11.1. The molecule has 0 bridgehead atoms. The summed E-state index contributed by atoms with van der Waals surface area (Å²) in [6.45, 7) is 2.17. The maximum Gasteiger partial charge on any atom is 0.0181 e. The maximum absolute atomic E-state index is 3.54. The third-order valence-corrected chi connectivity index (χ3v) is 3.52. The molecule has 0 aliphatic rings. The molecule has 0 aromatic heterocycles. The van der Waals surface area contributed by atoms with Crippen LogP contribution in [0.15, 0.2) is 53.0 Å². The van der Waals surface area contributed by atoms with E-state index >= 15 is 0 Å². The third-order valence-electron chi connectivity index (χ3n) is 3.03. The van der Waals surface area contributed by atoms with Crippen molar-refractivity contribution in [2.75, 3.05) is 0 Å². The van der Waals surface area contributed by atoms with Crippen LogP contribution in [-0.4, -0.2) is 0 Å². The third kappa shape index (κ3) is 1.43. The van der Waals surface area contributed by atoms with Crippen molar-refractivity contribution in [3.63, 3.8) is 0 Å². The summed E-state index contributed by atoms with van der Waals surface area (Å²) in [6.07, 6.45) is 0. The van der Waals surface area contributed by atoms with E-state index in [1.54, 1.807) is 0 Å². The summed E-state index contributed by atoms with van der Waals surface area (Å²) >= 11 is 3.54. The summed E-state index contributed by atoms with van der Waals surface area (Å²) in [7, 11) is 0. The molecule has 16 heavy (non-hydrogen) atoms. The molecule has 3 aromatic rings. The van der Waals surface area contributed by atoms with Crippen LogP contribution in [0.5, 0.6) is 0 Å². The van der Waals surface area contributed by atoms with E-state index in [4.69, 9.17) is 0 Å². The second-order valence-electron chi connectivity index (χ2n) is 4.10. The molecule has 1 heteroatoms. The summed E-state index contributed by atoms with van der Waals surface area (Å²) in [5, 5.41) is 5.29. The van der Waals surface area contributed by atoms with Gasteiger partial charge >= 0.3 is 0 Å². The van der Waals surface area contributed by atoms with Crippen molar-refractivity contribution in [1.82, 2.24) is 0 Å². The average Bonchev–Trinajstić information content (AvgIpc) is 2.29. The van der Waals surface area contributed by atoms with Gasteiger partial charge in [0.05, 0.1) is 0 Å². The van der Waals surface area contributed by atoms with Crippen LogP contribution in [0.4, 0.5) is 0 Å². The zero-order valence-electron chi connectivity index (χ0n) is 9.00. The van der Waals surface area contributed by atoms with Gasteiger partial charge in [0.2, 0.25) is 0 Å². The van der Waals surface area contributed by atoms with Crippen molar-refractivity contribution in [2.24, 2.45) is 0 Å². The number of halogens is 1. The maximum atomic E-state index is 3.54. The lowest BCUT2D eigenvalue weighted by Gasteiger charge is -2.07. The van der Waals surface area contributed by atoms with Gasteiger partial charge in [-0.25, -0.2) is 0 Å². The number of fused-ring (bicyclic) bond motifs is 3. The van der Waals surface area contributed by atoms with Gasteiger partial charge < -0.3 is 0 Å². The van der Waals surface area contributed by atoms with Crippen molar-refractivity contribution >= 4 is 37.5 Å². The van der Waals surface area contributed by atoms with Crippen molar-refractivity contribution in [3.05, 3.63) is 58.6 Å². The average molecular weight is 271 g/mol. The van der Waals surface area contributed by atoms with Crippen LogP contribution >= 0.6 is 15.9 Å². The van der Waals surface area contributed by atoms with Crippen molar-refractivity contribution in [1.29, 1.82) is 0 Å². The Labute approximate surface area is 103 Å². The van der Waals surface area contributed by atoms with E-state index in [1.165, 1.54) is 27.1 Å². The number of hydrogen-bond acceptors (Lipinski definition) is 0. The van der Waals surface area contributed by atoms with Gasteiger partial charge in [-0.3, -0.25) is 0 Å². The molecule has 0 fully saturated rings. The number of benzene rings is 3. The molecule has 3 aromatic carbocycles. The molecule has 0 atom stereocenters. The Morgan fingerprint density at radius 2 is 1.62 bits per heavy atom. The number of hydrogen-bond donors (Lipinski definition) is 0. The first kappa shape index (κ1) is 9.86. The van der Waals surface area contributed by atoms with Crippen LogP contribution in [0.25, 0.3) is 21.5 Å². The van der Waals surface area contributed by atoms with Gasteiger partial charge in [0, 0.05) is 4.47 Å². The van der Waals surface area contributed by atoms with Crippen molar-refractivity contribution < 1.29 is 0 Å². The molecule has 0 heterocycles. The predicted molar refractivity (Wildman–Crippen MR) is 73.9 cm³/mol. The minimum atomic E-state index is 1.13. The summed E-state index contributed by atoms with van der Waals surface area (Å²) in [4.78, 5) is 0. The van der Waals surface area contributed by atoms with E-state index in [0.717, 1.165) is 4.47 Å². The van der Waals surface area contributed by atoms with E-state index in [9.17, 15) is 0 Å². The van der Waals surface area contributed by atoms with E-state index < -0.39 is 0 Å². The number of aryl methyl sites for hydroxylation is 1. The minimum Gasteiger partial charge on any atom is -0.0616 e. The van der Waals surface area contributed by atoms with Crippen LogP contribution < -0.4 is 0 Å². The van der Waals surface area contributed by atoms with E-state index in [0.29, 0.717) is 0 Å². The van der Waals surface area contributed by atoms with Gasteiger partial charge in [-0.15, -0.1) is 0 Å². The highest BCUT2D eigenvalue weighted by Crippen LogP contribution is 2.30. The van der Waals surface area contributed by atoms with Gasteiger partial charge in [0.25, 0.3) is 0 Å². The van der Waals surface area contributed by atoms with Gasteiger partial charge in [-0.2, -0.15) is 0 Å². The molecule has 0 radical (unpaired) electrons. The second kappa shape index (κ2) is 3.60. The van der Waals surface area contributed by atoms with E-state index in [-0.39, 0.29) is 0 Å². The molecule has 78 valence electrons. The molecular weight excluding hydrogens is 260 g/mol. The lowest BCUT2D eigenvalue weighted by Crippen LogP contribution is -1.82. The zero-order valence-corrected chi connectivity index (χ0v) is 10.6. The molecule has 0 saturated heterocycles. The van der Waals surface area contributed by atoms with Gasteiger partial charge in [-0.05, 0) is 46.2 Å². The molecule has 0 N–H and O–H groups in total. The fourth-order valence-corrected chi connectivity index (χ4v) is 2.62. The highest BCUT2D eigenvalue weighted by Gasteiger charge is 2.03. The lowest BCUT2D eigenvalue weighted by molar-refractivity contribution is 1.55. The lowest BCUT2D eigenvalue weighted by atomic mass is 9.98. The first-order valence-corrected chi connectivity index (χ1v) is 6.12. The summed E-state index contributed by atoms with van der Waals surface area (Å²) in [5.41, 5.74) is 1.33. The van der Waals surface area contributed by atoms with Crippen LogP contribution in [0, 0.1) is 6.92 Å². The summed E-state index contributed by atoms with van der Waals surface area (Å²) < 4.78 is 1.13. The van der Waals surface area contributed by atoms with Gasteiger partial charge in [-0.1, -0.05) is 52.3 Å². The minimum absolute atomic E-state index is 1.13. The zero-order chi connectivity index (χ0) is 11.1. The van der Waals surface area contributed by atoms with Gasteiger partial charge in [0.1, 0.15) is 0 Å². The molecule has 0 aliphatic carbocycles. The van der Waals surface area contributed by atoms with E-state index in [2.05, 4.69) is 71.4 Å². The van der Waals surface area contributed by atoms with Crippen molar-refractivity contribution in [2.45, 2.75) is 6.92 Å².